The third-order valence-electron chi connectivity index (χ3n) is 3.39. The number of hydrogen-bond donors (Lipinski definition) is 0. The molecule has 20 heavy (non-hydrogen) atoms. The van der Waals surface area contributed by atoms with E-state index in [9.17, 15) is 16.8 Å². The van der Waals surface area contributed by atoms with E-state index >= 15 is 0 Å². The molecule has 0 spiro atoms. The van der Waals surface area contributed by atoms with Crippen molar-refractivity contribution in [1.29, 1.82) is 0 Å². The molecule has 1 fully saturated rings. The van der Waals surface area contributed by atoms with Gasteiger partial charge in [-0.15, -0.1) is 0 Å². The van der Waals surface area contributed by atoms with Crippen molar-refractivity contribution in [3.8, 4) is 0 Å². The maximum atomic E-state index is 12.2. The van der Waals surface area contributed by atoms with Crippen molar-refractivity contribution in [2.45, 2.75) is 5.25 Å². The maximum Gasteiger partial charge on any atom is 0.281 e. The number of hydrogen-bond acceptors (Lipinski definition) is 4. The zero-order valence-electron chi connectivity index (χ0n) is 11.4. The van der Waals surface area contributed by atoms with Gasteiger partial charge in [0.25, 0.3) is 10.2 Å². The average molecular weight is 318 g/mol. The quantitative estimate of drug-likeness (QED) is 0.801. The monoisotopic (exact) mass is 318 g/mol. The van der Waals surface area contributed by atoms with Gasteiger partial charge in [-0.25, -0.2) is 8.42 Å². The topological polar surface area (TPSA) is 74.8 Å². The van der Waals surface area contributed by atoms with Gasteiger partial charge in [-0.05, 0) is 5.56 Å². The summed E-state index contributed by atoms with van der Waals surface area (Å²) in [5, 5.41) is -0.799. The molecule has 1 atom stereocenters. The molecule has 0 amide bonds. The summed E-state index contributed by atoms with van der Waals surface area (Å²) in [6.07, 6.45) is 0. The second kappa shape index (κ2) is 5.44. The predicted molar refractivity (Wildman–Crippen MR) is 77.1 cm³/mol. The number of benzene rings is 1. The first-order chi connectivity index (χ1) is 9.25. The highest BCUT2D eigenvalue weighted by Gasteiger charge is 2.39. The number of sulfone groups is 1. The molecule has 1 saturated heterocycles. The number of rotatable bonds is 3. The predicted octanol–water partition coefficient (Wildman–Crippen LogP) is 0.265. The van der Waals surface area contributed by atoms with Gasteiger partial charge in [-0.2, -0.15) is 17.0 Å². The largest absolute Gasteiger partial charge is 0.281 e. The lowest BCUT2D eigenvalue weighted by Gasteiger charge is -2.33. The third-order valence-corrected chi connectivity index (χ3v) is 7.33. The van der Waals surface area contributed by atoms with Crippen molar-refractivity contribution in [1.82, 2.24) is 8.61 Å². The minimum atomic E-state index is -3.59. The van der Waals surface area contributed by atoms with Crippen LogP contribution in [-0.2, 0) is 20.0 Å². The van der Waals surface area contributed by atoms with Crippen LogP contribution in [0.2, 0.25) is 0 Å². The van der Waals surface area contributed by atoms with Crippen molar-refractivity contribution >= 4 is 20.0 Å². The first-order valence-corrected chi connectivity index (χ1v) is 9.30. The van der Waals surface area contributed by atoms with Gasteiger partial charge in [0.2, 0.25) is 0 Å². The van der Waals surface area contributed by atoms with Gasteiger partial charge in [-0.3, -0.25) is 0 Å². The molecule has 1 unspecified atom stereocenters. The maximum absolute atomic E-state index is 12.2. The number of nitrogens with zero attached hydrogens (tertiary/aromatic N) is 2. The molecule has 1 aliphatic rings. The first kappa shape index (κ1) is 15.4. The summed E-state index contributed by atoms with van der Waals surface area (Å²) in [6, 6.07) is 8.74. The summed E-state index contributed by atoms with van der Waals surface area (Å²) in [5.41, 5.74) is 0.631. The Morgan fingerprint density at radius 1 is 1.20 bits per heavy atom. The smallest absolute Gasteiger partial charge is 0.228 e. The Balaban J connectivity index is 2.36. The Hall–Kier alpha value is -0.960. The van der Waals surface area contributed by atoms with Crippen molar-refractivity contribution < 1.29 is 16.8 Å². The lowest BCUT2D eigenvalue weighted by Crippen LogP contribution is -2.49. The van der Waals surface area contributed by atoms with Crippen LogP contribution in [-0.4, -0.2) is 58.4 Å². The van der Waals surface area contributed by atoms with Crippen LogP contribution in [0.3, 0.4) is 0 Å². The SMILES string of the molecule is CN(C)S(=O)(=O)N1CCS(=O)(=O)C(c2ccccc2)C1. The van der Waals surface area contributed by atoms with Crippen LogP contribution < -0.4 is 0 Å². The molecule has 8 heteroatoms. The zero-order valence-corrected chi connectivity index (χ0v) is 13.1. The van der Waals surface area contributed by atoms with Gasteiger partial charge in [0.05, 0.1) is 5.75 Å². The van der Waals surface area contributed by atoms with Crippen LogP contribution >= 0.6 is 0 Å². The normalized spacial score (nSPS) is 23.9. The van der Waals surface area contributed by atoms with Crippen LogP contribution in [0.15, 0.2) is 30.3 Å². The second-order valence-corrected chi connectivity index (χ2v) is 9.36. The van der Waals surface area contributed by atoms with Gasteiger partial charge in [0.15, 0.2) is 9.84 Å². The molecule has 0 aliphatic carbocycles. The van der Waals surface area contributed by atoms with E-state index in [1.807, 2.05) is 0 Å². The van der Waals surface area contributed by atoms with E-state index in [2.05, 4.69) is 0 Å². The average Bonchev–Trinajstić information content (AvgIpc) is 2.39. The van der Waals surface area contributed by atoms with E-state index in [-0.39, 0.29) is 18.8 Å². The molecule has 0 saturated carbocycles. The van der Waals surface area contributed by atoms with E-state index in [0.29, 0.717) is 5.56 Å². The Morgan fingerprint density at radius 3 is 2.35 bits per heavy atom. The molecule has 0 N–H and O–H groups in total. The van der Waals surface area contributed by atoms with E-state index in [1.54, 1.807) is 30.3 Å². The molecule has 2 rings (SSSR count). The Bertz CT molecular complexity index is 669. The Labute approximate surface area is 120 Å². The van der Waals surface area contributed by atoms with Gasteiger partial charge in [0, 0.05) is 27.2 Å². The van der Waals surface area contributed by atoms with Crippen LogP contribution in [0, 0.1) is 0 Å². The van der Waals surface area contributed by atoms with Gasteiger partial charge < -0.3 is 0 Å². The molecule has 1 aromatic rings. The summed E-state index contributed by atoms with van der Waals surface area (Å²) in [4.78, 5) is 0. The lowest BCUT2D eigenvalue weighted by atomic mass is 10.1. The fourth-order valence-corrected chi connectivity index (χ4v) is 5.25. The molecular formula is C12H18N2O4S2. The lowest BCUT2D eigenvalue weighted by molar-refractivity contribution is 0.371. The standard InChI is InChI=1S/C12H18N2O4S2/c1-13(2)20(17,18)14-8-9-19(15,16)12(10-14)11-6-4-3-5-7-11/h3-7,12H,8-10H2,1-2H3. The van der Waals surface area contributed by atoms with E-state index < -0.39 is 25.3 Å². The molecule has 0 bridgehead atoms. The van der Waals surface area contributed by atoms with Crippen LogP contribution in [0.25, 0.3) is 0 Å². The Morgan fingerprint density at radius 2 is 1.80 bits per heavy atom. The van der Waals surface area contributed by atoms with Crippen LogP contribution in [0.5, 0.6) is 0 Å². The summed E-state index contributed by atoms with van der Waals surface area (Å²) >= 11 is 0. The fourth-order valence-electron chi connectivity index (χ4n) is 2.18. The highest BCUT2D eigenvalue weighted by Crippen LogP contribution is 2.29. The molecule has 1 aliphatic heterocycles. The van der Waals surface area contributed by atoms with E-state index in [4.69, 9.17) is 0 Å². The van der Waals surface area contributed by atoms with Gasteiger partial charge in [-0.1, -0.05) is 30.3 Å². The highest BCUT2D eigenvalue weighted by molar-refractivity contribution is 7.92. The van der Waals surface area contributed by atoms with Crippen LogP contribution in [0.1, 0.15) is 10.8 Å². The molecule has 0 aromatic heterocycles. The molecule has 112 valence electrons. The summed E-state index contributed by atoms with van der Waals surface area (Å²) in [6.45, 7) is -0.0287. The fraction of sp³-hybridized carbons (Fsp3) is 0.500. The molecular weight excluding hydrogens is 300 g/mol. The Kier molecular flexibility index (Phi) is 4.19. The van der Waals surface area contributed by atoms with Gasteiger partial charge in [0.1, 0.15) is 5.25 Å². The minimum Gasteiger partial charge on any atom is -0.228 e. The van der Waals surface area contributed by atoms with E-state index in [0.717, 1.165) is 4.31 Å². The van der Waals surface area contributed by atoms with Gasteiger partial charge >= 0.3 is 0 Å². The van der Waals surface area contributed by atoms with Crippen molar-refractivity contribution in [2.75, 3.05) is 32.9 Å². The highest BCUT2D eigenvalue weighted by atomic mass is 32.2. The molecule has 6 nitrogen and oxygen atoms in total. The van der Waals surface area contributed by atoms with E-state index in [1.165, 1.54) is 18.4 Å². The van der Waals surface area contributed by atoms with Crippen molar-refractivity contribution in [3.05, 3.63) is 35.9 Å². The van der Waals surface area contributed by atoms with Crippen LogP contribution in [0.4, 0.5) is 0 Å². The van der Waals surface area contributed by atoms with Crippen molar-refractivity contribution in [2.24, 2.45) is 0 Å². The van der Waals surface area contributed by atoms with Crippen molar-refractivity contribution in [3.63, 3.8) is 0 Å². The molecule has 1 heterocycles. The molecule has 0 radical (unpaired) electrons. The summed E-state index contributed by atoms with van der Waals surface area (Å²) in [7, 11) is -4.03. The second-order valence-electron chi connectivity index (χ2n) is 4.91. The molecule has 1 aromatic carbocycles. The zero-order chi connectivity index (χ0) is 15.0. The third kappa shape index (κ3) is 2.88. The minimum absolute atomic E-state index is 0.00613. The summed E-state index contributed by atoms with van der Waals surface area (Å²) < 4.78 is 51.0. The first-order valence-electron chi connectivity index (χ1n) is 6.19. The summed E-state index contributed by atoms with van der Waals surface area (Å²) in [5.74, 6) is -0.153.